The number of ether oxygens (including phenoxy) is 1. The Kier molecular flexibility index (Phi) is 6.99. The maximum Gasteiger partial charge on any atom is 0.323 e. The average Bonchev–Trinajstić information content (AvgIpc) is 2.86. The van der Waals surface area contributed by atoms with Gasteiger partial charge in [-0.25, -0.2) is 0 Å². The lowest BCUT2D eigenvalue weighted by atomic mass is 10.2. The highest BCUT2D eigenvalue weighted by molar-refractivity contribution is 7.85. The van der Waals surface area contributed by atoms with Gasteiger partial charge in [0.25, 0.3) is 10.1 Å². The van der Waals surface area contributed by atoms with Crippen molar-refractivity contribution in [1.82, 2.24) is 5.32 Å². The van der Waals surface area contributed by atoms with Crippen LogP contribution in [0.5, 0.6) is 0 Å². The van der Waals surface area contributed by atoms with E-state index in [1.54, 1.807) is 12.1 Å². The molecule has 1 heterocycles. The lowest BCUT2D eigenvalue weighted by molar-refractivity contribution is -0.145. The first-order valence-corrected chi connectivity index (χ1v) is 8.65. The molecule has 1 saturated heterocycles. The normalized spacial score (nSPS) is 20.9. The van der Waals surface area contributed by atoms with E-state index in [2.05, 4.69) is 12.2 Å². The Morgan fingerprint density at radius 1 is 1.32 bits per heavy atom. The summed E-state index contributed by atoms with van der Waals surface area (Å²) < 4.78 is 34.4. The standard InChI is InChI=1S/C8H15NO2.C7H8O3S/c1-3-11-8(10)7-5-4-6(2)9-7;1-6-2-4-7(5-3-6)11(8,9)10/h6-7,9H,3-5H2,1-2H3;2-5H,1H3,(H,8,9,10). The van der Waals surface area contributed by atoms with Crippen LogP contribution in [0.4, 0.5) is 0 Å². The van der Waals surface area contributed by atoms with Gasteiger partial charge in [0.05, 0.1) is 11.5 Å². The molecule has 1 aromatic carbocycles. The summed E-state index contributed by atoms with van der Waals surface area (Å²) >= 11 is 0. The van der Waals surface area contributed by atoms with E-state index in [-0.39, 0.29) is 16.9 Å². The second-order valence-corrected chi connectivity index (χ2v) is 6.66. The molecule has 2 unspecified atom stereocenters. The molecule has 0 spiro atoms. The van der Waals surface area contributed by atoms with Gasteiger partial charge in [0.15, 0.2) is 0 Å². The third kappa shape index (κ3) is 6.13. The largest absolute Gasteiger partial charge is 0.465 e. The third-order valence-corrected chi connectivity index (χ3v) is 4.13. The molecule has 2 N–H and O–H groups in total. The van der Waals surface area contributed by atoms with Crippen LogP contribution >= 0.6 is 0 Å². The number of aryl methyl sites for hydroxylation is 1. The average molecular weight is 329 g/mol. The van der Waals surface area contributed by atoms with Crippen molar-refractivity contribution < 1.29 is 22.5 Å². The molecule has 0 saturated carbocycles. The molecule has 7 heteroatoms. The van der Waals surface area contributed by atoms with Gasteiger partial charge in [0.1, 0.15) is 6.04 Å². The van der Waals surface area contributed by atoms with E-state index in [0.29, 0.717) is 12.6 Å². The number of carbonyl (C=O) groups is 1. The van der Waals surface area contributed by atoms with Gasteiger partial charge in [0.2, 0.25) is 0 Å². The maximum atomic E-state index is 11.1. The molecule has 1 aliphatic heterocycles. The molecule has 124 valence electrons. The van der Waals surface area contributed by atoms with Crippen molar-refractivity contribution in [1.29, 1.82) is 0 Å². The van der Waals surface area contributed by atoms with Gasteiger partial charge >= 0.3 is 5.97 Å². The predicted molar refractivity (Wildman–Crippen MR) is 83.2 cm³/mol. The Balaban J connectivity index is 0.000000220. The Bertz CT molecular complexity index is 582. The van der Waals surface area contributed by atoms with Gasteiger partial charge in [0, 0.05) is 6.04 Å². The zero-order chi connectivity index (χ0) is 16.8. The van der Waals surface area contributed by atoms with Crippen LogP contribution in [0, 0.1) is 6.92 Å². The number of nitrogens with one attached hydrogen (secondary N) is 1. The summed E-state index contributed by atoms with van der Waals surface area (Å²) in [5.74, 6) is -0.100. The van der Waals surface area contributed by atoms with Crippen LogP contribution < -0.4 is 5.32 Å². The molecule has 0 amide bonds. The molecule has 2 atom stereocenters. The van der Waals surface area contributed by atoms with E-state index in [1.807, 2.05) is 13.8 Å². The van der Waals surface area contributed by atoms with Crippen molar-refractivity contribution in [3.63, 3.8) is 0 Å². The van der Waals surface area contributed by atoms with Gasteiger partial charge in [-0.05, 0) is 45.7 Å². The van der Waals surface area contributed by atoms with Crippen LogP contribution in [-0.2, 0) is 19.6 Å². The van der Waals surface area contributed by atoms with Crippen molar-refractivity contribution in [2.45, 2.75) is 50.6 Å². The maximum absolute atomic E-state index is 11.1. The molecule has 1 fully saturated rings. The van der Waals surface area contributed by atoms with E-state index < -0.39 is 10.1 Å². The molecule has 0 aromatic heterocycles. The number of esters is 1. The summed E-state index contributed by atoms with van der Waals surface area (Å²) in [6, 6.07) is 6.40. The fraction of sp³-hybridized carbons (Fsp3) is 0.533. The fourth-order valence-corrected chi connectivity index (χ4v) is 2.55. The summed E-state index contributed by atoms with van der Waals surface area (Å²) in [4.78, 5) is 11.0. The topological polar surface area (TPSA) is 92.7 Å². The Morgan fingerprint density at radius 2 is 1.91 bits per heavy atom. The van der Waals surface area contributed by atoms with Crippen LogP contribution in [0.1, 0.15) is 32.3 Å². The number of rotatable bonds is 3. The van der Waals surface area contributed by atoms with E-state index in [1.165, 1.54) is 12.1 Å². The third-order valence-electron chi connectivity index (χ3n) is 3.26. The predicted octanol–water partition coefficient (Wildman–Crippen LogP) is 1.93. The highest BCUT2D eigenvalue weighted by atomic mass is 32.2. The monoisotopic (exact) mass is 329 g/mol. The van der Waals surface area contributed by atoms with Gasteiger partial charge in [-0.15, -0.1) is 0 Å². The highest BCUT2D eigenvalue weighted by Gasteiger charge is 2.27. The molecule has 22 heavy (non-hydrogen) atoms. The second-order valence-electron chi connectivity index (χ2n) is 5.24. The first-order chi connectivity index (χ1) is 10.2. The van der Waals surface area contributed by atoms with Crippen LogP contribution in [-0.4, -0.2) is 37.6 Å². The van der Waals surface area contributed by atoms with E-state index in [9.17, 15) is 13.2 Å². The van der Waals surface area contributed by atoms with E-state index >= 15 is 0 Å². The summed E-state index contributed by atoms with van der Waals surface area (Å²) in [5, 5.41) is 3.16. The van der Waals surface area contributed by atoms with Crippen molar-refractivity contribution in [2.24, 2.45) is 0 Å². The zero-order valence-corrected chi connectivity index (χ0v) is 13.9. The minimum atomic E-state index is -4.02. The molecule has 0 bridgehead atoms. The van der Waals surface area contributed by atoms with Crippen LogP contribution in [0.25, 0.3) is 0 Å². The summed E-state index contributed by atoms with van der Waals surface area (Å²) in [7, 11) is -4.02. The first-order valence-electron chi connectivity index (χ1n) is 7.21. The van der Waals surface area contributed by atoms with Crippen LogP contribution in [0.2, 0.25) is 0 Å². The fourth-order valence-electron chi connectivity index (χ4n) is 2.07. The lowest BCUT2D eigenvalue weighted by Crippen LogP contribution is -2.35. The minimum absolute atomic E-state index is 0.0510. The summed E-state index contributed by atoms with van der Waals surface area (Å²) in [6.45, 7) is 6.23. The Hall–Kier alpha value is -1.44. The molecular weight excluding hydrogens is 306 g/mol. The molecule has 6 nitrogen and oxygen atoms in total. The summed E-state index contributed by atoms with van der Waals surface area (Å²) in [5.41, 5.74) is 0.956. The van der Waals surface area contributed by atoms with Crippen molar-refractivity contribution in [3.05, 3.63) is 29.8 Å². The SMILES string of the molecule is CCOC(=O)C1CCC(C)N1.Cc1ccc(S(=O)(=O)O)cc1. The quantitative estimate of drug-likeness (QED) is 0.650. The molecule has 1 aromatic rings. The van der Waals surface area contributed by atoms with E-state index in [0.717, 1.165) is 18.4 Å². The number of hydrogen-bond donors (Lipinski definition) is 2. The number of carbonyl (C=O) groups excluding carboxylic acids is 1. The van der Waals surface area contributed by atoms with Crippen LogP contribution in [0.3, 0.4) is 0 Å². The second kappa shape index (κ2) is 8.26. The number of benzene rings is 1. The molecule has 0 radical (unpaired) electrons. The van der Waals surface area contributed by atoms with Gasteiger partial charge in [-0.3, -0.25) is 9.35 Å². The Labute approximate surface area is 131 Å². The number of hydrogen-bond acceptors (Lipinski definition) is 5. The molecule has 0 aliphatic carbocycles. The Morgan fingerprint density at radius 3 is 2.32 bits per heavy atom. The van der Waals surface area contributed by atoms with Gasteiger partial charge < -0.3 is 10.1 Å². The lowest BCUT2D eigenvalue weighted by Gasteiger charge is -2.09. The summed E-state index contributed by atoms with van der Waals surface area (Å²) in [6.07, 6.45) is 1.99. The minimum Gasteiger partial charge on any atom is -0.465 e. The molecular formula is C15H23NO5S. The van der Waals surface area contributed by atoms with Gasteiger partial charge in [-0.2, -0.15) is 8.42 Å². The molecule has 1 aliphatic rings. The highest BCUT2D eigenvalue weighted by Crippen LogP contribution is 2.12. The van der Waals surface area contributed by atoms with Gasteiger partial charge in [-0.1, -0.05) is 17.7 Å². The smallest absolute Gasteiger partial charge is 0.323 e. The van der Waals surface area contributed by atoms with Crippen LogP contribution in [0.15, 0.2) is 29.2 Å². The van der Waals surface area contributed by atoms with Crippen molar-refractivity contribution >= 4 is 16.1 Å². The van der Waals surface area contributed by atoms with Crippen molar-refractivity contribution in [3.8, 4) is 0 Å². The molecule has 2 rings (SSSR count). The zero-order valence-electron chi connectivity index (χ0n) is 13.1. The first kappa shape index (κ1) is 18.6. The van der Waals surface area contributed by atoms with Crippen molar-refractivity contribution in [2.75, 3.05) is 6.61 Å². The van der Waals surface area contributed by atoms with E-state index in [4.69, 9.17) is 9.29 Å².